The van der Waals surface area contributed by atoms with Gasteiger partial charge in [0.15, 0.2) is 0 Å². The molecule has 0 aromatic carbocycles. The quantitative estimate of drug-likeness (QED) is 0.682. The van der Waals surface area contributed by atoms with Crippen LogP contribution in [0.15, 0.2) is 29.4 Å². The Hall–Kier alpha value is -0.540. The van der Waals surface area contributed by atoms with Gasteiger partial charge >= 0.3 is 0 Å². The molecule has 0 saturated heterocycles. The summed E-state index contributed by atoms with van der Waals surface area (Å²) in [6, 6.07) is 3.77. The zero-order valence-electron chi connectivity index (χ0n) is 7.82. The van der Waals surface area contributed by atoms with Crippen molar-refractivity contribution in [2.45, 2.75) is 25.7 Å². The topological polar surface area (TPSA) is 38.9 Å². The van der Waals surface area contributed by atoms with Crippen LogP contribution in [-0.2, 0) is 0 Å². The van der Waals surface area contributed by atoms with Crippen molar-refractivity contribution < 1.29 is 0 Å². The van der Waals surface area contributed by atoms with Crippen LogP contribution in [0.4, 0.5) is 0 Å². The predicted octanol–water partition coefficient (Wildman–Crippen LogP) is 2.71. The van der Waals surface area contributed by atoms with Crippen LogP contribution < -0.4 is 5.14 Å². The van der Waals surface area contributed by atoms with Gasteiger partial charge in [0.25, 0.3) is 0 Å². The van der Waals surface area contributed by atoms with Crippen molar-refractivity contribution >= 4 is 11.9 Å². The van der Waals surface area contributed by atoms with Crippen molar-refractivity contribution in [2.24, 2.45) is 11.1 Å². The summed E-state index contributed by atoms with van der Waals surface area (Å²) in [5.41, 5.74) is 0. The third-order valence-corrected chi connectivity index (χ3v) is 1.28. The van der Waals surface area contributed by atoms with Crippen LogP contribution >= 0.6 is 11.9 Å². The first-order chi connectivity index (χ1) is 5.66. The monoisotopic (exact) mass is 184 g/mol. The summed E-state index contributed by atoms with van der Waals surface area (Å²) in [6.45, 7) is 6.50. The molecule has 3 heteroatoms. The van der Waals surface area contributed by atoms with Crippen molar-refractivity contribution in [3.63, 3.8) is 0 Å². The lowest BCUT2D eigenvalue weighted by atomic mass is 10.3. The summed E-state index contributed by atoms with van der Waals surface area (Å²) in [7, 11) is 0. The highest BCUT2D eigenvalue weighted by molar-refractivity contribution is 7.97. The van der Waals surface area contributed by atoms with Crippen LogP contribution in [0.3, 0.4) is 0 Å². The molecule has 0 atom stereocenters. The molecule has 0 spiro atoms. The van der Waals surface area contributed by atoms with E-state index in [2.05, 4.69) is 25.8 Å². The lowest BCUT2D eigenvalue weighted by Crippen LogP contribution is -1.78. The Morgan fingerprint density at radius 2 is 2.00 bits per heavy atom. The minimum absolute atomic E-state index is 0.833. The van der Waals surface area contributed by atoms with Gasteiger partial charge in [-0.3, -0.25) is 10.1 Å². The first kappa shape index (κ1) is 11.5. The van der Waals surface area contributed by atoms with Crippen LogP contribution in [0.2, 0.25) is 0 Å². The van der Waals surface area contributed by atoms with Gasteiger partial charge in [-0.25, -0.2) is 0 Å². The van der Waals surface area contributed by atoms with Gasteiger partial charge in [-0.05, 0) is 30.0 Å². The third-order valence-electron chi connectivity index (χ3n) is 0.770. The van der Waals surface area contributed by atoms with Gasteiger partial charge in [0.1, 0.15) is 0 Å². The van der Waals surface area contributed by atoms with Crippen molar-refractivity contribution in [2.75, 3.05) is 0 Å². The summed E-state index contributed by atoms with van der Waals surface area (Å²) < 4.78 is 0. The summed E-state index contributed by atoms with van der Waals surface area (Å²) in [5, 5.41) is 5.23. The van der Waals surface area contributed by atoms with E-state index >= 15 is 0 Å². The maximum Gasteiger partial charge on any atom is 0.0416 e. The molecule has 0 bridgehead atoms. The van der Waals surface area contributed by atoms with E-state index in [1.165, 1.54) is 11.9 Å². The number of nitrogens with two attached hydrogens (primary N) is 1. The van der Waals surface area contributed by atoms with Gasteiger partial charge in [-0.15, -0.1) is 0 Å². The van der Waals surface area contributed by atoms with Crippen molar-refractivity contribution in [1.82, 2.24) is 4.98 Å². The second kappa shape index (κ2) is 7.13. The molecule has 12 heavy (non-hydrogen) atoms. The van der Waals surface area contributed by atoms with Crippen LogP contribution in [0.1, 0.15) is 20.8 Å². The zero-order valence-corrected chi connectivity index (χ0v) is 8.64. The van der Waals surface area contributed by atoms with Crippen LogP contribution in [0.25, 0.3) is 0 Å². The minimum atomic E-state index is 0.833. The Labute approximate surface area is 78.7 Å². The summed E-state index contributed by atoms with van der Waals surface area (Å²) in [6.07, 6.45) is 3.45. The Morgan fingerprint density at radius 3 is 2.25 bits per heavy atom. The highest BCUT2D eigenvalue weighted by Gasteiger charge is 1.82. The number of aromatic nitrogens is 1. The average Bonchev–Trinajstić information content (AvgIpc) is 2.05. The van der Waals surface area contributed by atoms with E-state index in [4.69, 9.17) is 5.14 Å². The van der Waals surface area contributed by atoms with Crippen LogP contribution in [0.5, 0.6) is 0 Å². The molecule has 0 aliphatic rings. The molecule has 1 heterocycles. The SMILES string of the molecule is CC(C)C.NSc1cccnc1. The number of pyridine rings is 1. The largest absolute Gasteiger partial charge is 0.274 e. The molecule has 0 saturated carbocycles. The van der Waals surface area contributed by atoms with Gasteiger partial charge < -0.3 is 0 Å². The zero-order chi connectivity index (χ0) is 9.40. The molecule has 0 aliphatic heterocycles. The smallest absolute Gasteiger partial charge is 0.0416 e. The van der Waals surface area contributed by atoms with E-state index in [-0.39, 0.29) is 0 Å². The molecule has 0 unspecified atom stereocenters. The maximum atomic E-state index is 5.23. The normalized spacial score (nSPS) is 9.08. The molecule has 68 valence electrons. The van der Waals surface area contributed by atoms with Gasteiger partial charge in [-0.1, -0.05) is 20.8 Å². The summed E-state index contributed by atoms with van der Waals surface area (Å²) in [4.78, 5) is 4.85. The molecule has 1 aromatic rings. The second-order valence-corrected chi connectivity index (χ2v) is 3.75. The number of rotatable bonds is 1. The molecular formula is C9H16N2S. The van der Waals surface area contributed by atoms with Crippen molar-refractivity contribution in [1.29, 1.82) is 0 Å². The first-order valence-electron chi connectivity index (χ1n) is 3.93. The highest BCUT2D eigenvalue weighted by atomic mass is 32.2. The second-order valence-electron chi connectivity index (χ2n) is 3.04. The van der Waals surface area contributed by atoms with E-state index in [0.29, 0.717) is 0 Å². The fourth-order valence-electron chi connectivity index (χ4n) is 0.417. The third kappa shape index (κ3) is 7.57. The molecule has 0 amide bonds. The fraction of sp³-hybridized carbons (Fsp3) is 0.444. The fourth-order valence-corrected chi connectivity index (χ4v) is 0.696. The van der Waals surface area contributed by atoms with E-state index in [0.717, 1.165) is 10.8 Å². The van der Waals surface area contributed by atoms with E-state index in [1.54, 1.807) is 12.4 Å². The molecule has 0 radical (unpaired) electrons. The molecule has 2 N–H and O–H groups in total. The van der Waals surface area contributed by atoms with E-state index in [9.17, 15) is 0 Å². The standard InChI is InChI=1S/C5H6N2S.C4H10/c6-8-5-2-1-3-7-4-5;1-4(2)3/h1-4H,6H2;4H,1-3H3. The van der Waals surface area contributed by atoms with Gasteiger partial charge in [-0.2, -0.15) is 0 Å². The molecule has 1 aromatic heterocycles. The molecule has 0 aliphatic carbocycles. The van der Waals surface area contributed by atoms with E-state index in [1.807, 2.05) is 12.1 Å². The van der Waals surface area contributed by atoms with Gasteiger partial charge in [0.2, 0.25) is 0 Å². The lowest BCUT2D eigenvalue weighted by Gasteiger charge is -1.88. The van der Waals surface area contributed by atoms with E-state index < -0.39 is 0 Å². The highest BCUT2D eigenvalue weighted by Crippen LogP contribution is 2.06. The number of nitrogens with zero attached hydrogens (tertiary/aromatic N) is 1. The molecule has 1 rings (SSSR count). The number of hydrogen-bond donors (Lipinski definition) is 1. The Balaban J connectivity index is 0.000000261. The van der Waals surface area contributed by atoms with Crippen molar-refractivity contribution in [3.05, 3.63) is 24.5 Å². The predicted molar refractivity (Wildman–Crippen MR) is 54.8 cm³/mol. The lowest BCUT2D eigenvalue weighted by molar-refractivity contribution is 0.737. The number of hydrogen-bond acceptors (Lipinski definition) is 3. The van der Waals surface area contributed by atoms with Crippen molar-refractivity contribution in [3.8, 4) is 0 Å². The Bertz CT molecular complexity index is 184. The average molecular weight is 184 g/mol. The minimum Gasteiger partial charge on any atom is -0.274 e. The van der Waals surface area contributed by atoms with Crippen LogP contribution in [0, 0.1) is 5.92 Å². The molecule has 0 fully saturated rings. The molecular weight excluding hydrogens is 168 g/mol. The Kier molecular flexibility index (Phi) is 6.81. The maximum absolute atomic E-state index is 5.23. The first-order valence-corrected chi connectivity index (χ1v) is 4.81. The summed E-state index contributed by atoms with van der Waals surface area (Å²) in [5.74, 6) is 0.833. The van der Waals surface area contributed by atoms with Crippen LogP contribution in [-0.4, -0.2) is 4.98 Å². The Morgan fingerprint density at radius 1 is 1.42 bits per heavy atom. The van der Waals surface area contributed by atoms with Gasteiger partial charge in [0, 0.05) is 17.3 Å². The molecule has 2 nitrogen and oxygen atoms in total. The summed E-state index contributed by atoms with van der Waals surface area (Å²) >= 11 is 1.21. The van der Waals surface area contributed by atoms with Gasteiger partial charge in [0.05, 0.1) is 0 Å².